The molecule has 14 heteroatoms. The average molecular weight is 445 g/mol. The molecular weight excluding hydrogens is 421 g/mol. The molecule has 2 aromatic heterocycles. The lowest BCUT2D eigenvalue weighted by Gasteiger charge is -2.18. The normalized spacial score (nSPS) is 20.8. The topological polar surface area (TPSA) is 184 Å². The van der Waals surface area contributed by atoms with E-state index in [9.17, 15) is 19.4 Å². The molecule has 0 saturated heterocycles. The van der Waals surface area contributed by atoms with E-state index in [-0.39, 0.29) is 29.5 Å². The molecule has 2 aromatic rings. The van der Waals surface area contributed by atoms with E-state index in [0.717, 1.165) is 6.42 Å². The number of anilines is 1. The lowest BCUT2D eigenvalue weighted by Crippen LogP contribution is -2.21. The Morgan fingerprint density at radius 3 is 2.93 bits per heavy atom. The lowest BCUT2D eigenvalue weighted by molar-refractivity contribution is -0.00574. The summed E-state index contributed by atoms with van der Waals surface area (Å²) in [5.74, 6) is -0.00645. The maximum Gasteiger partial charge on any atom is 0.472 e. The lowest BCUT2D eigenvalue weighted by atomic mass is 10.3. The fourth-order valence-corrected chi connectivity index (χ4v) is 3.46. The number of hydrogen-bond donors (Lipinski definition) is 4. The van der Waals surface area contributed by atoms with Gasteiger partial charge in [-0.2, -0.15) is 4.98 Å². The van der Waals surface area contributed by atoms with Crippen LogP contribution in [0.5, 0.6) is 0 Å². The Labute approximate surface area is 171 Å². The van der Waals surface area contributed by atoms with Crippen LogP contribution in [0.3, 0.4) is 0 Å². The summed E-state index contributed by atoms with van der Waals surface area (Å²) in [6.45, 7) is 2.59. The van der Waals surface area contributed by atoms with Gasteiger partial charge in [-0.15, -0.1) is 0 Å². The Kier molecular flexibility index (Phi) is 7.23. The third-order valence-corrected chi connectivity index (χ3v) is 5.02. The van der Waals surface area contributed by atoms with Gasteiger partial charge in [0.05, 0.1) is 6.61 Å². The number of aliphatic hydroxyl groups is 1. The zero-order chi connectivity index (χ0) is 21.7. The van der Waals surface area contributed by atoms with E-state index >= 15 is 0 Å². The number of nitrogen functional groups attached to an aromatic ring is 1. The van der Waals surface area contributed by atoms with Gasteiger partial charge in [0, 0.05) is 13.2 Å². The summed E-state index contributed by atoms with van der Waals surface area (Å²) in [5.41, 5.74) is 5.18. The second-order valence-corrected chi connectivity index (χ2v) is 7.90. The first kappa shape index (κ1) is 22.4. The molecule has 0 aromatic carbocycles. The number of rotatable bonds is 11. The van der Waals surface area contributed by atoms with Crippen molar-refractivity contribution in [2.45, 2.75) is 32.1 Å². The molecule has 3 heterocycles. The van der Waals surface area contributed by atoms with Gasteiger partial charge in [-0.3, -0.25) is 23.4 Å². The maximum atomic E-state index is 11.9. The zero-order valence-corrected chi connectivity index (χ0v) is 17.2. The smallest absolute Gasteiger partial charge is 0.469 e. The van der Waals surface area contributed by atoms with Crippen LogP contribution in [0.4, 0.5) is 5.95 Å². The highest BCUT2D eigenvalue weighted by Gasteiger charge is 2.32. The number of H-pyrrole nitrogens is 1. The zero-order valence-electron chi connectivity index (χ0n) is 16.3. The number of phosphoric acid groups is 1. The van der Waals surface area contributed by atoms with Crippen LogP contribution in [0.2, 0.25) is 0 Å². The number of fused-ring (bicyclic) bond motifs is 1. The van der Waals surface area contributed by atoms with Crippen molar-refractivity contribution in [2.24, 2.45) is 0 Å². The van der Waals surface area contributed by atoms with Crippen molar-refractivity contribution in [1.82, 2.24) is 19.5 Å². The highest BCUT2D eigenvalue weighted by atomic mass is 31.2. The summed E-state index contributed by atoms with van der Waals surface area (Å²) < 4.78 is 33.9. The predicted molar refractivity (Wildman–Crippen MR) is 104 cm³/mol. The standard InChI is InChI=1S/C16H24N5O8P/c1-2-4-26-5-3-6-27-30(24,25)28-8-10-7-11(22)15(29-10)21-9-18-12-13(21)19-16(17)20-14(12)23/h7,9,11,15,22H,2-6,8H2,1H3,(H,24,25)(H3,17,19,20,23). The number of nitrogens with one attached hydrogen (secondary N) is 1. The Balaban J connectivity index is 1.55. The minimum Gasteiger partial charge on any atom is -0.469 e. The fraction of sp³-hybridized carbons (Fsp3) is 0.562. The summed E-state index contributed by atoms with van der Waals surface area (Å²) in [6.07, 6.45) is 1.77. The maximum absolute atomic E-state index is 11.9. The molecule has 3 rings (SSSR count). The van der Waals surface area contributed by atoms with Crippen LogP contribution in [0, 0.1) is 0 Å². The second kappa shape index (κ2) is 9.69. The van der Waals surface area contributed by atoms with E-state index in [2.05, 4.69) is 15.0 Å². The largest absolute Gasteiger partial charge is 0.472 e. The van der Waals surface area contributed by atoms with Crippen LogP contribution < -0.4 is 11.3 Å². The number of imidazole rings is 1. The number of nitrogens with zero attached hydrogens (tertiary/aromatic N) is 3. The van der Waals surface area contributed by atoms with Gasteiger partial charge in [0.15, 0.2) is 11.2 Å². The molecule has 3 atom stereocenters. The van der Waals surface area contributed by atoms with Crippen LogP contribution in [-0.2, 0) is 23.1 Å². The Hall–Kier alpha value is -2.28. The second-order valence-electron chi connectivity index (χ2n) is 6.45. The molecule has 3 unspecified atom stereocenters. The van der Waals surface area contributed by atoms with E-state index in [0.29, 0.717) is 19.6 Å². The molecule has 0 radical (unpaired) electrons. The first-order valence-corrected chi connectivity index (χ1v) is 10.8. The summed E-state index contributed by atoms with van der Waals surface area (Å²) in [6, 6.07) is 0. The minimum atomic E-state index is -4.30. The molecule has 0 fully saturated rings. The molecule has 1 aliphatic rings. The van der Waals surface area contributed by atoms with E-state index in [1.165, 1.54) is 17.0 Å². The first-order valence-electron chi connectivity index (χ1n) is 9.28. The van der Waals surface area contributed by atoms with Crippen molar-refractivity contribution in [3.63, 3.8) is 0 Å². The van der Waals surface area contributed by atoms with Crippen LogP contribution in [0.15, 0.2) is 23.0 Å². The van der Waals surface area contributed by atoms with E-state index in [1.807, 2.05) is 6.92 Å². The SMILES string of the molecule is CCCOCCCOP(=O)(O)OCC1=CC(O)C(n2cnc3c(=O)[nH]c(N)nc32)O1. The number of hydrogen-bond acceptors (Lipinski definition) is 10. The van der Waals surface area contributed by atoms with Crippen molar-refractivity contribution in [3.05, 3.63) is 28.5 Å². The van der Waals surface area contributed by atoms with Gasteiger partial charge in [-0.05, 0) is 18.9 Å². The third-order valence-electron chi connectivity index (χ3n) is 4.05. The molecule has 0 saturated carbocycles. The minimum absolute atomic E-state index is 0.00862. The summed E-state index contributed by atoms with van der Waals surface area (Å²) in [5, 5.41) is 10.3. The third kappa shape index (κ3) is 5.45. The van der Waals surface area contributed by atoms with Gasteiger partial charge in [-0.1, -0.05) is 6.92 Å². The van der Waals surface area contributed by atoms with Gasteiger partial charge in [0.2, 0.25) is 12.2 Å². The van der Waals surface area contributed by atoms with Crippen molar-refractivity contribution in [2.75, 3.05) is 32.2 Å². The molecule has 30 heavy (non-hydrogen) atoms. The molecule has 5 N–H and O–H groups in total. The Morgan fingerprint density at radius 2 is 2.17 bits per heavy atom. The van der Waals surface area contributed by atoms with E-state index < -0.39 is 32.3 Å². The number of phosphoric ester groups is 1. The van der Waals surface area contributed by atoms with Crippen molar-refractivity contribution in [1.29, 1.82) is 0 Å². The number of aliphatic hydroxyl groups excluding tert-OH is 1. The molecule has 1 aliphatic heterocycles. The average Bonchev–Trinajstić information content (AvgIpc) is 3.26. The quantitative estimate of drug-likeness (QED) is 0.278. The number of ether oxygens (including phenoxy) is 2. The highest BCUT2D eigenvalue weighted by Crippen LogP contribution is 2.44. The molecule has 13 nitrogen and oxygen atoms in total. The molecule has 0 bridgehead atoms. The monoisotopic (exact) mass is 445 g/mol. The van der Waals surface area contributed by atoms with Crippen LogP contribution in [0.1, 0.15) is 26.0 Å². The molecular formula is C16H24N5O8P. The first-order chi connectivity index (χ1) is 14.3. The van der Waals surface area contributed by atoms with Crippen LogP contribution >= 0.6 is 7.82 Å². The predicted octanol–water partition coefficient (Wildman–Crippen LogP) is 0.426. The fourth-order valence-electron chi connectivity index (χ4n) is 2.74. The number of aromatic nitrogens is 4. The Bertz CT molecular complexity index is 1010. The van der Waals surface area contributed by atoms with E-state index in [1.54, 1.807) is 0 Å². The Morgan fingerprint density at radius 1 is 1.37 bits per heavy atom. The van der Waals surface area contributed by atoms with Crippen LogP contribution in [0.25, 0.3) is 11.2 Å². The summed E-state index contributed by atoms with van der Waals surface area (Å²) >= 11 is 0. The van der Waals surface area contributed by atoms with E-state index in [4.69, 9.17) is 24.3 Å². The molecule has 0 amide bonds. The molecule has 0 aliphatic carbocycles. The number of aromatic amines is 1. The summed E-state index contributed by atoms with van der Waals surface area (Å²) in [4.78, 5) is 31.9. The van der Waals surface area contributed by atoms with Gasteiger partial charge in [0.25, 0.3) is 5.56 Å². The van der Waals surface area contributed by atoms with Gasteiger partial charge >= 0.3 is 7.82 Å². The van der Waals surface area contributed by atoms with Crippen molar-refractivity contribution >= 4 is 24.9 Å². The highest BCUT2D eigenvalue weighted by molar-refractivity contribution is 7.47. The van der Waals surface area contributed by atoms with Crippen molar-refractivity contribution in [3.8, 4) is 0 Å². The molecule has 0 spiro atoms. The van der Waals surface area contributed by atoms with Gasteiger partial charge in [-0.25, -0.2) is 9.55 Å². The van der Waals surface area contributed by atoms with Gasteiger partial charge < -0.3 is 25.2 Å². The molecule has 166 valence electrons. The van der Waals surface area contributed by atoms with Crippen molar-refractivity contribution < 1.29 is 33.1 Å². The van der Waals surface area contributed by atoms with Crippen LogP contribution in [-0.4, -0.2) is 62.1 Å². The number of nitrogens with two attached hydrogens (primary N) is 1. The summed E-state index contributed by atoms with van der Waals surface area (Å²) in [7, 11) is -4.30. The van der Waals surface area contributed by atoms with Gasteiger partial charge in [0.1, 0.15) is 24.8 Å².